The van der Waals surface area contributed by atoms with Crippen LogP contribution in [0.2, 0.25) is 0 Å². The summed E-state index contributed by atoms with van der Waals surface area (Å²) in [6.45, 7) is 8.91. The molecule has 1 N–H and O–H groups in total. The number of fused-ring (bicyclic) bond motifs is 1. The van der Waals surface area contributed by atoms with E-state index in [-0.39, 0.29) is 0 Å². The Morgan fingerprint density at radius 3 is 2.88 bits per heavy atom. The molecular formula is C14H22N2. The van der Waals surface area contributed by atoms with E-state index in [4.69, 9.17) is 0 Å². The lowest BCUT2D eigenvalue weighted by Gasteiger charge is -2.32. The van der Waals surface area contributed by atoms with Crippen LogP contribution in [-0.2, 0) is 6.42 Å². The Kier molecular flexibility index (Phi) is 3.37. The fourth-order valence-corrected chi connectivity index (χ4v) is 2.54. The van der Waals surface area contributed by atoms with Crippen LogP contribution in [0.4, 0.5) is 11.4 Å². The number of rotatable bonds is 3. The van der Waals surface area contributed by atoms with Crippen molar-refractivity contribution in [2.75, 3.05) is 23.3 Å². The maximum absolute atomic E-state index is 3.56. The standard InChI is InChI=1S/C14H22N2/c1-4-16(11(2)3)13-9-5-7-12-8-6-10-15-14(12)13/h5,7,9,11,15H,4,6,8,10H2,1-3H3. The van der Waals surface area contributed by atoms with Gasteiger partial charge in [0.05, 0.1) is 11.4 Å². The SMILES string of the molecule is CCN(c1cccc2c1NCCC2)C(C)C. The van der Waals surface area contributed by atoms with Gasteiger partial charge in [0.25, 0.3) is 0 Å². The summed E-state index contributed by atoms with van der Waals surface area (Å²) in [7, 11) is 0. The molecule has 0 aromatic heterocycles. The lowest BCUT2D eigenvalue weighted by atomic mass is 10.0. The molecule has 1 aliphatic rings. The zero-order valence-corrected chi connectivity index (χ0v) is 10.6. The van der Waals surface area contributed by atoms with Gasteiger partial charge in [-0.15, -0.1) is 0 Å². The van der Waals surface area contributed by atoms with Gasteiger partial charge in [0.2, 0.25) is 0 Å². The van der Waals surface area contributed by atoms with Gasteiger partial charge in [-0.2, -0.15) is 0 Å². The van der Waals surface area contributed by atoms with Crippen LogP contribution in [0.3, 0.4) is 0 Å². The first kappa shape index (κ1) is 11.3. The summed E-state index contributed by atoms with van der Waals surface area (Å²) in [5, 5.41) is 3.56. The second-order valence-corrected chi connectivity index (χ2v) is 4.72. The van der Waals surface area contributed by atoms with E-state index in [9.17, 15) is 0 Å². The first-order valence-corrected chi connectivity index (χ1v) is 6.36. The van der Waals surface area contributed by atoms with Crippen molar-refractivity contribution in [2.45, 2.75) is 39.7 Å². The van der Waals surface area contributed by atoms with Crippen molar-refractivity contribution in [1.29, 1.82) is 0 Å². The molecule has 0 saturated heterocycles. The highest BCUT2D eigenvalue weighted by molar-refractivity contribution is 5.74. The van der Waals surface area contributed by atoms with Crippen LogP contribution in [-0.4, -0.2) is 19.1 Å². The van der Waals surface area contributed by atoms with Crippen LogP contribution in [0.5, 0.6) is 0 Å². The Balaban J connectivity index is 2.39. The lowest BCUT2D eigenvalue weighted by Crippen LogP contribution is -2.31. The molecule has 0 fully saturated rings. The molecule has 0 spiro atoms. The monoisotopic (exact) mass is 218 g/mol. The Morgan fingerprint density at radius 1 is 1.38 bits per heavy atom. The fourth-order valence-electron chi connectivity index (χ4n) is 2.54. The average molecular weight is 218 g/mol. The highest BCUT2D eigenvalue weighted by Gasteiger charge is 2.17. The minimum atomic E-state index is 0.556. The summed E-state index contributed by atoms with van der Waals surface area (Å²) >= 11 is 0. The molecule has 1 aliphatic heterocycles. The van der Waals surface area contributed by atoms with E-state index in [0.717, 1.165) is 13.1 Å². The van der Waals surface area contributed by atoms with Crippen LogP contribution >= 0.6 is 0 Å². The quantitative estimate of drug-likeness (QED) is 0.837. The summed E-state index contributed by atoms with van der Waals surface area (Å²) in [6.07, 6.45) is 2.47. The van der Waals surface area contributed by atoms with E-state index < -0.39 is 0 Å². The Bertz CT molecular complexity index is 358. The Labute approximate surface area is 98.7 Å². The number of aryl methyl sites for hydroxylation is 1. The van der Waals surface area contributed by atoms with Gasteiger partial charge in [-0.3, -0.25) is 0 Å². The smallest absolute Gasteiger partial charge is 0.0610 e. The largest absolute Gasteiger partial charge is 0.383 e. The number of nitrogens with zero attached hydrogens (tertiary/aromatic N) is 1. The molecule has 0 amide bonds. The lowest BCUT2D eigenvalue weighted by molar-refractivity contribution is 0.701. The van der Waals surface area contributed by atoms with Crippen molar-refractivity contribution in [2.24, 2.45) is 0 Å². The highest BCUT2D eigenvalue weighted by atomic mass is 15.2. The molecule has 1 heterocycles. The van der Waals surface area contributed by atoms with Gasteiger partial charge in [0.15, 0.2) is 0 Å². The predicted octanol–water partition coefficient (Wildman–Crippen LogP) is 3.28. The molecule has 16 heavy (non-hydrogen) atoms. The maximum Gasteiger partial charge on any atom is 0.0610 e. The summed E-state index contributed by atoms with van der Waals surface area (Å²) in [5.41, 5.74) is 4.21. The third-order valence-corrected chi connectivity index (χ3v) is 3.33. The maximum atomic E-state index is 3.56. The Hall–Kier alpha value is -1.18. The molecule has 1 aromatic carbocycles. The summed E-state index contributed by atoms with van der Waals surface area (Å²) < 4.78 is 0. The molecule has 0 radical (unpaired) electrons. The fraction of sp³-hybridized carbons (Fsp3) is 0.571. The molecule has 2 nitrogen and oxygen atoms in total. The highest BCUT2D eigenvalue weighted by Crippen LogP contribution is 2.33. The number of hydrogen-bond acceptors (Lipinski definition) is 2. The molecule has 0 saturated carbocycles. The zero-order chi connectivity index (χ0) is 11.5. The number of benzene rings is 1. The van der Waals surface area contributed by atoms with Crippen molar-refractivity contribution in [3.8, 4) is 0 Å². The van der Waals surface area contributed by atoms with Crippen molar-refractivity contribution in [1.82, 2.24) is 0 Å². The molecule has 0 unspecified atom stereocenters. The van der Waals surface area contributed by atoms with Crippen LogP contribution in [0, 0.1) is 0 Å². The van der Waals surface area contributed by atoms with Crippen LogP contribution in [0.15, 0.2) is 18.2 Å². The van der Waals surface area contributed by atoms with Gasteiger partial charge in [-0.1, -0.05) is 12.1 Å². The number of para-hydroxylation sites is 1. The molecular weight excluding hydrogens is 196 g/mol. The summed E-state index contributed by atoms with van der Waals surface area (Å²) in [6, 6.07) is 7.23. The first-order valence-electron chi connectivity index (χ1n) is 6.36. The van der Waals surface area contributed by atoms with Gasteiger partial charge < -0.3 is 10.2 Å². The van der Waals surface area contributed by atoms with Crippen molar-refractivity contribution in [3.63, 3.8) is 0 Å². The van der Waals surface area contributed by atoms with Crippen LogP contribution in [0.25, 0.3) is 0 Å². The number of hydrogen-bond donors (Lipinski definition) is 1. The van der Waals surface area contributed by atoms with Gasteiger partial charge in [0, 0.05) is 19.1 Å². The number of nitrogens with one attached hydrogen (secondary N) is 1. The van der Waals surface area contributed by atoms with Crippen molar-refractivity contribution >= 4 is 11.4 Å². The molecule has 0 aliphatic carbocycles. The first-order chi connectivity index (χ1) is 7.74. The van der Waals surface area contributed by atoms with Gasteiger partial charge in [0.1, 0.15) is 0 Å². The Morgan fingerprint density at radius 2 is 2.19 bits per heavy atom. The van der Waals surface area contributed by atoms with E-state index in [1.54, 1.807) is 0 Å². The van der Waals surface area contributed by atoms with E-state index in [0.29, 0.717) is 6.04 Å². The third kappa shape index (κ3) is 2.01. The van der Waals surface area contributed by atoms with Crippen LogP contribution in [0.1, 0.15) is 32.8 Å². The van der Waals surface area contributed by atoms with E-state index >= 15 is 0 Å². The number of anilines is 2. The molecule has 2 rings (SSSR count). The van der Waals surface area contributed by atoms with Gasteiger partial charge in [-0.05, 0) is 45.2 Å². The second-order valence-electron chi connectivity index (χ2n) is 4.72. The average Bonchev–Trinajstić information content (AvgIpc) is 2.30. The van der Waals surface area contributed by atoms with Crippen LogP contribution < -0.4 is 10.2 Å². The normalized spacial score (nSPS) is 14.5. The van der Waals surface area contributed by atoms with Crippen molar-refractivity contribution < 1.29 is 0 Å². The van der Waals surface area contributed by atoms with Crippen molar-refractivity contribution in [3.05, 3.63) is 23.8 Å². The minimum absolute atomic E-state index is 0.556. The minimum Gasteiger partial charge on any atom is -0.383 e. The molecule has 0 bridgehead atoms. The van der Waals surface area contributed by atoms with E-state index in [2.05, 4.69) is 49.2 Å². The third-order valence-electron chi connectivity index (χ3n) is 3.33. The van der Waals surface area contributed by atoms with Gasteiger partial charge in [-0.25, -0.2) is 0 Å². The summed E-state index contributed by atoms with van der Waals surface area (Å²) in [5.74, 6) is 0. The topological polar surface area (TPSA) is 15.3 Å². The van der Waals surface area contributed by atoms with E-state index in [1.165, 1.54) is 29.8 Å². The second kappa shape index (κ2) is 4.77. The molecule has 1 aromatic rings. The summed E-state index contributed by atoms with van der Waals surface area (Å²) in [4.78, 5) is 2.46. The predicted molar refractivity (Wildman–Crippen MR) is 71.4 cm³/mol. The molecule has 88 valence electrons. The zero-order valence-electron chi connectivity index (χ0n) is 10.6. The van der Waals surface area contributed by atoms with E-state index in [1.807, 2.05) is 0 Å². The molecule has 2 heteroatoms. The molecule has 0 atom stereocenters. The van der Waals surface area contributed by atoms with Gasteiger partial charge >= 0.3 is 0 Å².